The topological polar surface area (TPSA) is 15.3 Å². The van der Waals surface area contributed by atoms with Crippen molar-refractivity contribution in [3.63, 3.8) is 0 Å². The van der Waals surface area contributed by atoms with Gasteiger partial charge in [-0.15, -0.1) is 0 Å². The Morgan fingerprint density at radius 3 is 2.76 bits per heavy atom. The van der Waals surface area contributed by atoms with E-state index in [0.29, 0.717) is 24.2 Å². The number of rotatable bonds is 3. The summed E-state index contributed by atoms with van der Waals surface area (Å²) in [5.41, 5.74) is -0.712. The Kier molecular flexibility index (Phi) is 3.92. The lowest BCUT2D eigenvalue weighted by Crippen LogP contribution is -2.38. The van der Waals surface area contributed by atoms with Gasteiger partial charge < -0.3 is 5.32 Å². The number of nitrogens with zero attached hydrogens (tertiary/aromatic N) is 1. The van der Waals surface area contributed by atoms with E-state index in [2.05, 4.69) is 10.2 Å². The van der Waals surface area contributed by atoms with E-state index in [1.807, 2.05) is 0 Å². The maximum atomic E-state index is 13.2. The normalized spacial score (nSPS) is 26.3. The van der Waals surface area contributed by atoms with Crippen LogP contribution in [0.5, 0.6) is 0 Å². The fourth-order valence-corrected chi connectivity index (χ4v) is 3.47. The molecule has 2 unspecified atom stereocenters. The fourth-order valence-electron chi connectivity index (χ4n) is 3.47. The Morgan fingerprint density at radius 1 is 1.19 bits per heavy atom. The number of alkyl halides is 3. The Balaban J connectivity index is 1.66. The van der Waals surface area contributed by atoms with Crippen LogP contribution < -0.4 is 5.32 Å². The molecule has 2 heterocycles. The highest BCUT2D eigenvalue weighted by molar-refractivity contribution is 5.27. The molecule has 2 nitrogen and oxygen atoms in total. The summed E-state index contributed by atoms with van der Waals surface area (Å²) in [6, 6.07) is 4.05. The van der Waals surface area contributed by atoms with Crippen LogP contribution in [0.4, 0.5) is 17.6 Å². The molecule has 0 aromatic heterocycles. The van der Waals surface area contributed by atoms with Crippen molar-refractivity contribution >= 4 is 0 Å². The molecule has 2 atom stereocenters. The first kappa shape index (κ1) is 14.8. The van der Waals surface area contributed by atoms with Crippen LogP contribution in [0, 0.1) is 5.82 Å². The van der Waals surface area contributed by atoms with E-state index in [9.17, 15) is 17.6 Å². The largest absolute Gasteiger partial charge is 0.419 e. The lowest BCUT2D eigenvalue weighted by molar-refractivity contribution is -0.140. The maximum Gasteiger partial charge on any atom is 0.419 e. The third-order valence-electron chi connectivity index (χ3n) is 4.51. The third-order valence-corrected chi connectivity index (χ3v) is 4.51. The summed E-state index contributed by atoms with van der Waals surface area (Å²) in [6.07, 6.45) is -1.28. The number of hydrogen-bond donors (Lipinski definition) is 1. The zero-order chi connectivity index (χ0) is 15.0. The molecule has 6 heteroatoms. The second kappa shape index (κ2) is 5.57. The number of benzene rings is 1. The van der Waals surface area contributed by atoms with E-state index >= 15 is 0 Å². The minimum atomic E-state index is -4.64. The van der Waals surface area contributed by atoms with Crippen LogP contribution in [0.25, 0.3) is 0 Å². The van der Waals surface area contributed by atoms with Gasteiger partial charge in [-0.2, -0.15) is 13.2 Å². The molecule has 2 aliphatic rings. The lowest BCUT2D eigenvalue weighted by Gasteiger charge is -2.21. The van der Waals surface area contributed by atoms with Crippen molar-refractivity contribution in [1.82, 2.24) is 10.2 Å². The monoisotopic (exact) mass is 302 g/mol. The molecular formula is C15H18F4N2. The average Bonchev–Trinajstić information content (AvgIpc) is 3.00. The number of nitrogens with one attached hydrogen (secondary N) is 1. The first-order chi connectivity index (χ1) is 9.95. The van der Waals surface area contributed by atoms with Gasteiger partial charge in [0.25, 0.3) is 0 Å². The summed E-state index contributed by atoms with van der Waals surface area (Å²) in [5, 5.41) is 3.34. The molecule has 2 saturated heterocycles. The van der Waals surface area contributed by atoms with E-state index in [1.54, 1.807) is 0 Å². The van der Waals surface area contributed by atoms with Gasteiger partial charge in [0.05, 0.1) is 5.56 Å². The molecule has 0 saturated carbocycles. The van der Waals surface area contributed by atoms with Crippen molar-refractivity contribution in [1.29, 1.82) is 0 Å². The predicted octanol–water partition coefficient (Wildman–Crippen LogP) is 3.17. The van der Waals surface area contributed by atoms with E-state index in [1.165, 1.54) is 12.5 Å². The smallest absolute Gasteiger partial charge is 0.308 e. The highest BCUT2D eigenvalue weighted by atomic mass is 19.4. The zero-order valence-electron chi connectivity index (χ0n) is 11.6. The summed E-state index contributed by atoms with van der Waals surface area (Å²) < 4.78 is 51.3. The Hall–Kier alpha value is -1.14. The minimum Gasteiger partial charge on any atom is -0.308 e. The van der Waals surface area contributed by atoms with Gasteiger partial charge >= 0.3 is 6.18 Å². The van der Waals surface area contributed by atoms with Gasteiger partial charge in [-0.05, 0) is 43.5 Å². The van der Waals surface area contributed by atoms with Gasteiger partial charge in [-0.1, -0.05) is 6.07 Å². The number of fused-ring (bicyclic) bond motifs is 1. The van der Waals surface area contributed by atoms with Crippen molar-refractivity contribution in [2.45, 2.75) is 44.1 Å². The molecule has 1 aromatic carbocycles. The van der Waals surface area contributed by atoms with E-state index in [0.717, 1.165) is 38.1 Å². The van der Waals surface area contributed by atoms with Crippen molar-refractivity contribution in [2.24, 2.45) is 0 Å². The van der Waals surface area contributed by atoms with E-state index in [-0.39, 0.29) is 0 Å². The molecular weight excluding hydrogens is 284 g/mol. The van der Waals surface area contributed by atoms with E-state index in [4.69, 9.17) is 0 Å². The second-order valence-corrected chi connectivity index (χ2v) is 5.83. The maximum absolute atomic E-state index is 13.2. The minimum absolute atomic E-state index is 0.326. The highest BCUT2D eigenvalue weighted by Crippen LogP contribution is 2.32. The average molecular weight is 302 g/mol. The summed E-state index contributed by atoms with van der Waals surface area (Å²) in [7, 11) is 0. The fraction of sp³-hybridized carbons (Fsp3) is 0.600. The van der Waals surface area contributed by atoms with Crippen LogP contribution in [-0.2, 0) is 12.7 Å². The molecule has 0 bridgehead atoms. The SMILES string of the molecule is Fc1ccc(CNC2CCN3CCCC23)cc1C(F)(F)F. The second-order valence-electron chi connectivity index (χ2n) is 5.83. The highest BCUT2D eigenvalue weighted by Gasteiger charge is 2.37. The van der Waals surface area contributed by atoms with Gasteiger partial charge in [0, 0.05) is 25.2 Å². The number of hydrogen-bond acceptors (Lipinski definition) is 2. The van der Waals surface area contributed by atoms with Crippen LogP contribution in [0.2, 0.25) is 0 Å². The van der Waals surface area contributed by atoms with Crippen LogP contribution in [0.1, 0.15) is 30.4 Å². The van der Waals surface area contributed by atoms with Crippen molar-refractivity contribution in [3.8, 4) is 0 Å². The zero-order valence-corrected chi connectivity index (χ0v) is 11.6. The van der Waals surface area contributed by atoms with Crippen LogP contribution in [0.15, 0.2) is 18.2 Å². The molecule has 2 fully saturated rings. The number of halogens is 4. The van der Waals surface area contributed by atoms with Gasteiger partial charge in [0.2, 0.25) is 0 Å². The summed E-state index contributed by atoms with van der Waals surface area (Å²) in [5.74, 6) is -1.21. The quantitative estimate of drug-likeness (QED) is 0.863. The molecule has 1 aromatic rings. The van der Waals surface area contributed by atoms with E-state index < -0.39 is 17.6 Å². The van der Waals surface area contributed by atoms with Crippen molar-refractivity contribution in [3.05, 3.63) is 35.1 Å². The predicted molar refractivity (Wildman–Crippen MR) is 71.2 cm³/mol. The van der Waals surface area contributed by atoms with Crippen LogP contribution in [-0.4, -0.2) is 30.1 Å². The molecule has 116 valence electrons. The van der Waals surface area contributed by atoms with Crippen LogP contribution >= 0.6 is 0 Å². The molecule has 0 aliphatic carbocycles. The summed E-state index contributed by atoms with van der Waals surface area (Å²) >= 11 is 0. The molecule has 3 rings (SSSR count). The standard InChI is InChI=1S/C15H18F4N2/c16-12-4-3-10(8-11(12)15(17,18)19)9-20-13-5-7-21-6-1-2-14(13)21/h3-4,8,13-14,20H,1-2,5-7,9H2. The molecule has 0 radical (unpaired) electrons. The van der Waals surface area contributed by atoms with Crippen molar-refractivity contribution in [2.75, 3.05) is 13.1 Å². The molecule has 21 heavy (non-hydrogen) atoms. The van der Waals surface area contributed by atoms with Crippen molar-refractivity contribution < 1.29 is 17.6 Å². The Morgan fingerprint density at radius 2 is 2.00 bits per heavy atom. The molecule has 2 aliphatic heterocycles. The van der Waals surface area contributed by atoms with Gasteiger partial charge in [-0.25, -0.2) is 4.39 Å². The van der Waals surface area contributed by atoms with Gasteiger partial charge in [-0.3, -0.25) is 4.90 Å². The Labute approximate surface area is 121 Å². The van der Waals surface area contributed by atoms with Gasteiger partial charge in [0.15, 0.2) is 0 Å². The molecule has 1 N–H and O–H groups in total. The first-order valence-electron chi connectivity index (χ1n) is 7.28. The molecule has 0 amide bonds. The third kappa shape index (κ3) is 3.06. The van der Waals surface area contributed by atoms with Crippen LogP contribution in [0.3, 0.4) is 0 Å². The Bertz CT molecular complexity index is 515. The lowest BCUT2D eigenvalue weighted by atomic mass is 10.1. The molecule has 0 spiro atoms. The summed E-state index contributed by atoms with van der Waals surface area (Å²) in [6.45, 7) is 2.52. The summed E-state index contributed by atoms with van der Waals surface area (Å²) in [4.78, 5) is 2.43. The first-order valence-corrected chi connectivity index (χ1v) is 7.28. The van der Waals surface area contributed by atoms with Gasteiger partial charge in [0.1, 0.15) is 5.82 Å².